The molecule has 0 saturated carbocycles. The van der Waals surface area contributed by atoms with Gasteiger partial charge in [0.2, 0.25) is 5.91 Å². The van der Waals surface area contributed by atoms with Crippen molar-refractivity contribution in [1.29, 1.82) is 0 Å². The zero-order valence-electron chi connectivity index (χ0n) is 22.6. The highest BCUT2D eigenvalue weighted by Gasteiger charge is 2.25. The van der Waals surface area contributed by atoms with Crippen LogP contribution in [0.2, 0.25) is 0 Å². The number of carbonyl (C=O) groups is 2. The van der Waals surface area contributed by atoms with Gasteiger partial charge < -0.3 is 14.6 Å². The summed E-state index contributed by atoms with van der Waals surface area (Å²) in [4.78, 5) is 38.5. The number of aromatic nitrogens is 2. The molecule has 202 valence electrons. The van der Waals surface area contributed by atoms with Crippen molar-refractivity contribution in [3.8, 4) is 5.69 Å². The number of carbonyl (C=O) groups excluding carboxylic acids is 2. The Morgan fingerprint density at radius 3 is 2.38 bits per heavy atom. The lowest BCUT2D eigenvalue weighted by molar-refractivity contribution is -0.384. The molecule has 0 radical (unpaired) electrons. The first-order valence-corrected chi connectivity index (χ1v) is 12.5. The van der Waals surface area contributed by atoms with Gasteiger partial charge in [0.15, 0.2) is 0 Å². The van der Waals surface area contributed by atoms with Gasteiger partial charge in [0, 0.05) is 29.2 Å². The van der Waals surface area contributed by atoms with Gasteiger partial charge in [0.25, 0.3) is 11.6 Å². The maximum atomic E-state index is 13.4. The first-order chi connectivity index (χ1) is 18.4. The molecule has 4 aromatic rings. The molecule has 2 heterocycles. The van der Waals surface area contributed by atoms with Crippen LogP contribution in [0.1, 0.15) is 53.7 Å². The van der Waals surface area contributed by atoms with Gasteiger partial charge >= 0.3 is 0 Å². The molecule has 10 heteroatoms. The van der Waals surface area contributed by atoms with Crippen LogP contribution < -0.4 is 5.32 Å². The standard InChI is InChI=1S/C29H31N5O5/c1-19-8-13-24(20(2)15-19)33-26(16-25(31-33)29(3,4)5)30-27(35)18-32(17-23-7-6-14-39-23)28(36)21-9-11-22(12-10-21)34(37)38/h6-16H,17-18H2,1-5H3,(H,30,35). The number of anilines is 1. The first kappa shape index (κ1) is 27.3. The van der Waals surface area contributed by atoms with Gasteiger partial charge in [0.1, 0.15) is 18.1 Å². The summed E-state index contributed by atoms with van der Waals surface area (Å²) in [5.41, 5.74) is 3.57. The highest BCUT2D eigenvalue weighted by molar-refractivity contribution is 5.99. The van der Waals surface area contributed by atoms with E-state index < -0.39 is 16.7 Å². The third-order valence-electron chi connectivity index (χ3n) is 6.20. The Labute approximate surface area is 226 Å². The fraction of sp³-hybridized carbons (Fsp3) is 0.276. The van der Waals surface area contributed by atoms with E-state index in [2.05, 4.69) is 5.32 Å². The van der Waals surface area contributed by atoms with Crippen LogP contribution >= 0.6 is 0 Å². The summed E-state index contributed by atoms with van der Waals surface area (Å²) in [5.74, 6) is 0.0870. The number of nitro benzene ring substituents is 1. The normalized spacial score (nSPS) is 11.3. The average Bonchev–Trinajstić information content (AvgIpc) is 3.53. The lowest BCUT2D eigenvalue weighted by Crippen LogP contribution is -2.37. The number of nitrogens with one attached hydrogen (secondary N) is 1. The molecule has 2 aromatic heterocycles. The third-order valence-corrected chi connectivity index (χ3v) is 6.20. The van der Waals surface area contributed by atoms with Gasteiger partial charge in [0.05, 0.1) is 29.1 Å². The summed E-state index contributed by atoms with van der Waals surface area (Å²) in [6, 6.07) is 16.5. The number of hydrogen-bond donors (Lipinski definition) is 1. The molecule has 10 nitrogen and oxygen atoms in total. The summed E-state index contributed by atoms with van der Waals surface area (Å²) < 4.78 is 7.12. The number of aryl methyl sites for hydroxylation is 2. The van der Waals surface area contributed by atoms with E-state index in [0.717, 1.165) is 22.5 Å². The number of benzene rings is 2. The third kappa shape index (κ3) is 6.40. The lowest BCUT2D eigenvalue weighted by atomic mass is 9.92. The molecule has 0 bridgehead atoms. The predicted octanol–water partition coefficient (Wildman–Crippen LogP) is 5.57. The number of rotatable bonds is 8. The van der Waals surface area contributed by atoms with Crippen LogP contribution in [0.25, 0.3) is 5.69 Å². The molecule has 0 aliphatic carbocycles. The van der Waals surface area contributed by atoms with E-state index in [1.54, 1.807) is 16.8 Å². The van der Waals surface area contributed by atoms with Crippen LogP contribution in [0.3, 0.4) is 0 Å². The SMILES string of the molecule is Cc1ccc(-n2nc(C(C)(C)C)cc2NC(=O)CN(Cc2ccco2)C(=O)c2ccc([N+](=O)[O-])cc2)c(C)c1. The summed E-state index contributed by atoms with van der Waals surface area (Å²) in [5, 5.41) is 18.7. The minimum Gasteiger partial charge on any atom is -0.467 e. The molecule has 0 saturated heterocycles. The van der Waals surface area contributed by atoms with E-state index in [1.807, 2.05) is 58.9 Å². The second-order valence-corrected chi connectivity index (χ2v) is 10.5. The number of amides is 2. The number of non-ortho nitro benzene ring substituents is 1. The Kier molecular flexibility index (Phi) is 7.66. The second kappa shape index (κ2) is 10.9. The van der Waals surface area contributed by atoms with Crippen molar-refractivity contribution < 1.29 is 18.9 Å². The summed E-state index contributed by atoms with van der Waals surface area (Å²) in [6.07, 6.45) is 1.49. The molecule has 0 aliphatic heterocycles. The fourth-order valence-electron chi connectivity index (χ4n) is 4.12. The van der Waals surface area contributed by atoms with Crippen molar-refractivity contribution in [2.24, 2.45) is 0 Å². The molecule has 0 atom stereocenters. The number of furan rings is 1. The zero-order valence-corrected chi connectivity index (χ0v) is 22.6. The van der Waals surface area contributed by atoms with Crippen molar-refractivity contribution in [3.63, 3.8) is 0 Å². The maximum Gasteiger partial charge on any atom is 0.269 e. The van der Waals surface area contributed by atoms with E-state index in [-0.39, 0.29) is 29.8 Å². The van der Waals surface area contributed by atoms with Crippen molar-refractivity contribution in [3.05, 3.63) is 105 Å². The van der Waals surface area contributed by atoms with Crippen LogP contribution in [0.15, 0.2) is 71.3 Å². The Balaban J connectivity index is 1.62. The molecule has 2 amide bonds. The molecular formula is C29H31N5O5. The van der Waals surface area contributed by atoms with Crippen LogP contribution in [0, 0.1) is 24.0 Å². The number of nitrogens with zero attached hydrogens (tertiary/aromatic N) is 4. The number of nitro groups is 1. The highest BCUT2D eigenvalue weighted by Crippen LogP contribution is 2.28. The van der Waals surface area contributed by atoms with Gasteiger partial charge in [-0.1, -0.05) is 38.5 Å². The Morgan fingerprint density at radius 2 is 1.79 bits per heavy atom. The summed E-state index contributed by atoms with van der Waals surface area (Å²) in [7, 11) is 0. The number of hydrogen-bond acceptors (Lipinski definition) is 6. The molecule has 2 aromatic carbocycles. The van der Waals surface area contributed by atoms with Gasteiger partial charge in [-0.2, -0.15) is 5.10 Å². The Morgan fingerprint density at radius 1 is 1.08 bits per heavy atom. The minimum atomic E-state index is -0.535. The molecule has 4 rings (SSSR count). The molecule has 1 N–H and O–H groups in total. The molecular weight excluding hydrogens is 498 g/mol. The smallest absolute Gasteiger partial charge is 0.269 e. The van der Waals surface area contributed by atoms with Gasteiger partial charge in [-0.05, 0) is 49.7 Å². The van der Waals surface area contributed by atoms with Crippen LogP contribution in [0.5, 0.6) is 0 Å². The van der Waals surface area contributed by atoms with Crippen molar-refractivity contribution >= 4 is 23.3 Å². The van der Waals surface area contributed by atoms with Gasteiger partial charge in [-0.15, -0.1) is 0 Å². The predicted molar refractivity (Wildman–Crippen MR) is 147 cm³/mol. The van der Waals surface area contributed by atoms with E-state index in [0.29, 0.717) is 11.6 Å². The summed E-state index contributed by atoms with van der Waals surface area (Å²) >= 11 is 0. The largest absolute Gasteiger partial charge is 0.467 e. The van der Waals surface area contributed by atoms with E-state index >= 15 is 0 Å². The molecule has 0 spiro atoms. The summed E-state index contributed by atoms with van der Waals surface area (Å²) in [6.45, 7) is 9.89. The van der Waals surface area contributed by atoms with Crippen molar-refractivity contribution in [2.45, 2.75) is 46.6 Å². The average molecular weight is 530 g/mol. The van der Waals surface area contributed by atoms with E-state index in [4.69, 9.17) is 9.52 Å². The lowest BCUT2D eigenvalue weighted by Gasteiger charge is -2.21. The van der Waals surface area contributed by atoms with Crippen molar-refractivity contribution in [1.82, 2.24) is 14.7 Å². The van der Waals surface area contributed by atoms with Gasteiger partial charge in [-0.3, -0.25) is 19.7 Å². The second-order valence-electron chi connectivity index (χ2n) is 10.5. The fourth-order valence-corrected chi connectivity index (χ4v) is 4.12. The quantitative estimate of drug-likeness (QED) is 0.235. The maximum absolute atomic E-state index is 13.4. The first-order valence-electron chi connectivity index (χ1n) is 12.5. The molecule has 0 aliphatic rings. The van der Waals surface area contributed by atoms with Crippen molar-refractivity contribution in [2.75, 3.05) is 11.9 Å². The topological polar surface area (TPSA) is 124 Å². The van der Waals surface area contributed by atoms with Crippen LogP contribution in [-0.4, -0.2) is 38.0 Å². The Bertz CT molecular complexity index is 1500. The van der Waals surface area contributed by atoms with Crippen LogP contribution in [-0.2, 0) is 16.8 Å². The molecule has 39 heavy (non-hydrogen) atoms. The minimum absolute atomic E-state index is 0.0415. The highest BCUT2D eigenvalue weighted by atomic mass is 16.6. The zero-order chi connectivity index (χ0) is 28.3. The van der Waals surface area contributed by atoms with E-state index in [1.165, 1.54) is 35.4 Å². The van der Waals surface area contributed by atoms with E-state index in [9.17, 15) is 19.7 Å². The molecule has 0 fully saturated rings. The molecule has 0 unspecified atom stereocenters. The van der Waals surface area contributed by atoms with Crippen LogP contribution in [0.4, 0.5) is 11.5 Å². The monoisotopic (exact) mass is 529 g/mol. The Hall–Kier alpha value is -4.73. The van der Waals surface area contributed by atoms with Gasteiger partial charge in [-0.25, -0.2) is 4.68 Å².